The molecule has 2 fully saturated rings. The molecule has 0 unspecified atom stereocenters. The number of carbonyl (C=O) groups is 1. The number of carboxylic acid groups (broad SMARTS) is 1. The minimum atomic E-state index is -0.777. The van der Waals surface area contributed by atoms with Gasteiger partial charge in [0, 0.05) is 19.1 Å². The summed E-state index contributed by atoms with van der Waals surface area (Å²) in [4.78, 5) is 11.5. The molecule has 0 radical (unpaired) electrons. The number of hydrogen-bond donors (Lipinski definition) is 1. The molecule has 1 aromatic heterocycles. The largest absolute Gasteiger partial charge is 0.479 e. The number of nitrogens with zero attached hydrogens (tertiary/aromatic N) is 3. The molecule has 1 saturated carbocycles. The van der Waals surface area contributed by atoms with Gasteiger partial charge in [0.25, 0.3) is 0 Å². The monoisotopic (exact) mass is 251 g/mol. The molecular weight excluding hydrogens is 234 g/mol. The van der Waals surface area contributed by atoms with E-state index in [0.29, 0.717) is 18.7 Å². The number of aliphatic carboxylic acids is 1. The molecule has 1 saturated heterocycles. The number of hydrogen-bond acceptors (Lipinski definition) is 4. The van der Waals surface area contributed by atoms with Crippen molar-refractivity contribution in [3.05, 3.63) is 11.6 Å². The lowest BCUT2D eigenvalue weighted by Gasteiger charge is -2.24. The van der Waals surface area contributed by atoms with Crippen LogP contribution in [0.15, 0.2) is 0 Å². The van der Waals surface area contributed by atoms with Crippen LogP contribution in [0, 0.1) is 6.92 Å². The molecule has 18 heavy (non-hydrogen) atoms. The molecule has 0 atom stereocenters. The zero-order valence-corrected chi connectivity index (χ0v) is 10.4. The van der Waals surface area contributed by atoms with E-state index in [-0.39, 0.29) is 5.92 Å². The third-order valence-electron chi connectivity index (χ3n) is 3.99. The van der Waals surface area contributed by atoms with Crippen molar-refractivity contribution >= 4 is 5.97 Å². The summed E-state index contributed by atoms with van der Waals surface area (Å²) < 4.78 is 7.20. The number of aromatic nitrogens is 3. The predicted molar refractivity (Wildman–Crippen MR) is 62.4 cm³/mol. The van der Waals surface area contributed by atoms with Crippen LogP contribution in [-0.4, -0.2) is 39.1 Å². The van der Waals surface area contributed by atoms with Crippen molar-refractivity contribution < 1.29 is 14.6 Å². The average Bonchev–Trinajstić information content (AvgIpc) is 3.09. The molecule has 6 heteroatoms. The summed E-state index contributed by atoms with van der Waals surface area (Å²) in [5.41, 5.74) is -0.777. The third kappa shape index (κ3) is 1.63. The average molecular weight is 251 g/mol. The summed E-state index contributed by atoms with van der Waals surface area (Å²) in [6, 6.07) is 0. The lowest BCUT2D eigenvalue weighted by atomic mass is 9.99. The van der Waals surface area contributed by atoms with Crippen molar-refractivity contribution in [2.24, 2.45) is 0 Å². The fraction of sp³-hybridized carbons (Fsp3) is 0.750. The molecule has 1 aromatic rings. The Morgan fingerprint density at radius 3 is 2.61 bits per heavy atom. The Hall–Kier alpha value is -1.43. The molecule has 0 aromatic carbocycles. The standard InChI is InChI=1S/C12H17N3O3/c1-8-13-14-10(9-2-6-18-7-3-9)15(8)12(4-5-12)11(16)17/h9H,2-7H2,1H3,(H,16,17). The van der Waals surface area contributed by atoms with E-state index in [4.69, 9.17) is 4.74 Å². The van der Waals surface area contributed by atoms with E-state index in [1.807, 2.05) is 11.5 Å². The molecule has 0 spiro atoms. The van der Waals surface area contributed by atoms with Crippen LogP contribution < -0.4 is 0 Å². The summed E-state index contributed by atoms with van der Waals surface area (Å²) in [5, 5.41) is 17.7. The van der Waals surface area contributed by atoms with Crippen LogP contribution in [0.2, 0.25) is 0 Å². The van der Waals surface area contributed by atoms with Gasteiger partial charge >= 0.3 is 5.97 Å². The van der Waals surface area contributed by atoms with Crippen molar-refractivity contribution in [2.45, 2.75) is 44.1 Å². The Morgan fingerprint density at radius 1 is 1.39 bits per heavy atom. The van der Waals surface area contributed by atoms with Gasteiger partial charge in [0.05, 0.1) is 0 Å². The number of carboxylic acids is 1. The second-order valence-corrected chi connectivity index (χ2v) is 5.16. The molecule has 2 heterocycles. The molecule has 98 valence electrons. The van der Waals surface area contributed by atoms with Crippen molar-refractivity contribution in [3.8, 4) is 0 Å². The highest BCUT2D eigenvalue weighted by Gasteiger charge is 2.54. The van der Waals surface area contributed by atoms with Gasteiger partial charge in [0.2, 0.25) is 0 Å². The van der Waals surface area contributed by atoms with Gasteiger partial charge < -0.3 is 9.84 Å². The first-order chi connectivity index (χ1) is 8.65. The van der Waals surface area contributed by atoms with E-state index in [2.05, 4.69) is 10.2 Å². The highest BCUT2D eigenvalue weighted by Crippen LogP contribution is 2.46. The normalized spacial score (nSPS) is 22.9. The van der Waals surface area contributed by atoms with E-state index in [1.165, 1.54) is 0 Å². The summed E-state index contributed by atoms with van der Waals surface area (Å²) in [7, 11) is 0. The van der Waals surface area contributed by atoms with Gasteiger partial charge in [-0.2, -0.15) is 0 Å². The molecule has 6 nitrogen and oxygen atoms in total. The van der Waals surface area contributed by atoms with Crippen LogP contribution in [0.1, 0.15) is 43.3 Å². The van der Waals surface area contributed by atoms with Gasteiger partial charge in [-0.05, 0) is 32.6 Å². The second kappa shape index (κ2) is 4.05. The van der Waals surface area contributed by atoms with Crippen molar-refractivity contribution in [2.75, 3.05) is 13.2 Å². The van der Waals surface area contributed by atoms with Crippen LogP contribution in [-0.2, 0) is 15.1 Å². The first-order valence-electron chi connectivity index (χ1n) is 6.39. The maximum atomic E-state index is 11.5. The summed E-state index contributed by atoms with van der Waals surface area (Å²) >= 11 is 0. The van der Waals surface area contributed by atoms with Gasteiger partial charge in [-0.3, -0.25) is 4.57 Å². The third-order valence-corrected chi connectivity index (χ3v) is 3.99. The zero-order chi connectivity index (χ0) is 12.8. The van der Waals surface area contributed by atoms with Crippen molar-refractivity contribution in [1.82, 2.24) is 14.8 Å². The quantitative estimate of drug-likeness (QED) is 0.869. The minimum absolute atomic E-state index is 0.275. The smallest absolute Gasteiger partial charge is 0.329 e. The molecular formula is C12H17N3O3. The first-order valence-corrected chi connectivity index (χ1v) is 6.39. The van der Waals surface area contributed by atoms with E-state index >= 15 is 0 Å². The minimum Gasteiger partial charge on any atom is -0.479 e. The molecule has 1 aliphatic carbocycles. The fourth-order valence-electron chi connectivity index (χ4n) is 2.78. The Bertz CT molecular complexity index is 473. The molecule has 2 aliphatic rings. The van der Waals surface area contributed by atoms with Gasteiger partial charge in [0.1, 0.15) is 17.2 Å². The lowest BCUT2D eigenvalue weighted by Crippen LogP contribution is -2.31. The fourth-order valence-corrected chi connectivity index (χ4v) is 2.78. The van der Waals surface area contributed by atoms with Crippen LogP contribution >= 0.6 is 0 Å². The Morgan fingerprint density at radius 2 is 2.06 bits per heavy atom. The molecule has 1 aliphatic heterocycles. The Kier molecular flexibility index (Phi) is 2.62. The zero-order valence-electron chi connectivity index (χ0n) is 10.4. The second-order valence-electron chi connectivity index (χ2n) is 5.16. The van der Waals surface area contributed by atoms with Gasteiger partial charge in [-0.1, -0.05) is 0 Å². The van der Waals surface area contributed by atoms with E-state index in [0.717, 1.165) is 31.9 Å². The lowest BCUT2D eigenvalue weighted by molar-refractivity contribution is -0.142. The molecule has 0 amide bonds. The number of aryl methyl sites for hydroxylation is 1. The van der Waals surface area contributed by atoms with Crippen LogP contribution in [0.5, 0.6) is 0 Å². The van der Waals surface area contributed by atoms with Crippen molar-refractivity contribution in [3.63, 3.8) is 0 Å². The van der Waals surface area contributed by atoms with Gasteiger partial charge in [-0.15, -0.1) is 10.2 Å². The van der Waals surface area contributed by atoms with E-state index in [9.17, 15) is 9.90 Å². The molecule has 1 N–H and O–H groups in total. The number of ether oxygens (including phenoxy) is 1. The summed E-state index contributed by atoms with van der Waals surface area (Å²) in [6.45, 7) is 3.27. The van der Waals surface area contributed by atoms with Gasteiger partial charge in [-0.25, -0.2) is 4.79 Å². The van der Waals surface area contributed by atoms with Crippen LogP contribution in [0.4, 0.5) is 0 Å². The van der Waals surface area contributed by atoms with Crippen LogP contribution in [0.3, 0.4) is 0 Å². The van der Waals surface area contributed by atoms with Gasteiger partial charge in [0.15, 0.2) is 0 Å². The van der Waals surface area contributed by atoms with E-state index in [1.54, 1.807) is 0 Å². The summed E-state index contributed by atoms with van der Waals surface area (Å²) in [6.07, 6.45) is 3.15. The molecule has 0 bridgehead atoms. The topological polar surface area (TPSA) is 77.2 Å². The molecule has 3 rings (SSSR count). The SMILES string of the molecule is Cc1nnc(C2CCOCC2)n1C1(C(=O)O)CC1. The maximum absolute atomic E-state index is 11.5. The van der Waals surface area contributed by atoms with E-state index < -0.39 is 11.5 Å². The van der Waals surface area contributed by atoms with Crippen molar-refractivity contribution in [1.29, 1.82) is 0 Å². The predicted octanol–water partition coefficient (Wildman–Crippen LogP) is 1.05. The Balaban J connectivity index is 1.99. The first kappa shape index (κ1) is 11.6. The number of rotatable bonds is 3. The Labute approximate surface area is 105 Å². The maximum Gasteiger partial charge on any atom is 0.329 e. The summed E-state index contributed by atoms with van der Waals surface area (Å²) in [5.74, 6) is 1.04. The van der Waals surface area contributed by atoms with Crippen LogP contribution in [0.25, 0.3) is 0 Å². The highest BCUT2D eigenvalue weighted by molar-refractivity contribution is 5.80. The highest BCUT2D eigenvalue weighted by atomic mass is 16.5.